The molecule has 0 amide bonds. The minimum atomic E-state index is -0.146. The lowest BCUT2D eigenvalue weighted by molar-refractivity contribution is 0.357. The molecule has 1 saturated heterocycles. The topological polar surface area (TPSA) is 38.0 Å². The summed E-state index contributed by atoms with van der Waals surface area (Å²) in [4.78, 5) is 0. The van der Waals surface area contributed by atoms with Gasteiger partial charge in [0.2, 0.25) is 0 Å². The first-order valence-corrected chi connectivity index (χ1v) is 5.43. The third-order valence-corrected chi connectivity index (χ3v) is 3.06. The van der Waals surface area contributed by atoms with Crippen molar-refractivity contribution in [1.82, 2.24) is 5.32 Å². The van der Waals surface area contributed by atoms with Crippen LogP contribution in [0.25, 0.3) is 0 Å². The Morgan fingerprint density at radius 2 is 2.27 bits per heavy atom. The van der Waals surface area contributed by atoms with E-state index in [1.165, 1.54) is 0 Å². The van der Waals surface area contributed by atoms with Crippen LogP contribution < -0.4 is 11.1 Å². The molecule has 1 aromatic carbocycles. The minimum absolute atomic E-state index is 0.0980. The summed E-state index contributed by atoms with van der Waals surface area (Å²) in [6.07, 6.45) is 2.11. The smallest absolute Gasteiger partial charge is 0.126 e. The van der Waals surface area contributed by atoms with Crippen LogP contribution in [-0.4, -0.2) is 12.6 Å². The van der Waals surface area contributed by atoms with Crippen LogP contribution in [0.15, 0.2) is 18.2 Å². The van der Waals surface area contributed by atoms with Crippen molar-refractivity contribution in [3.8, 4) is 0 Å². The van der Waals surface area contributed by atoms with Crippen LogP contribution in [0, 0.1) is 12.7 Å². The van der Waals surface area contributed by atoms with E-state index in [0.29, 0.717) is 5.56 Å². The molecule has 1 aliphatic heterocycles. The molecule has 2 rings (SSSR count). The molecule has 3 N–H and O–H groups in total. The minimum Gasteiger partial charge on any atom is -0.326 e. The fourth-order valence-corrected chi connectivity index (χ4v) is 2.08. The van der Waals surface area contributed by atoms with Crippen molar-refractivity contribution in [3.05, 3.63) is 35.1 Å². The molecule has 0 saturated carbocycles. The Hall–Kier alpha value is -0.930. The molecule has 2 nitrogen and oxygen atoms in total. The first kappa shape index (κ1) is 10.6. The van der Waals surface area contributed by atoms with E-state index in [1.54, 1.807) is 13.0 Å². The Morgan fingerprint density at radius 3 is 2.93 bits per heavy atom. The zero-order valence-electron chi connectivity index (χ0n) is 8.96. The van der Waals surface area contributed by atoms with Gasteiger partial charge in [-0.1, -0.05) is 12.1 Å². The number of nitrogens with two attached hydrogens (primary N) is 1. The van der Waals surface area contributed by atoms with Crippen LogP contribution in [0.4, 0.5) is 4.39 Å². The van der Waals surface area contributed by atoms with Crippen molar-refractivity contribution in [3.63, 3.8) is 0 Å². The van der Waals surface area contributed by atoms with Gasteiger partial charge in [-0.2, -0.15) is 0 Å². The van der Waals surface area contributed by atoms with E-state index in [4.69, 9.17) is 5.73 Å². The molecule has 15 heavy (non-hydrogen) atoms. The van der Waals surface area contributed by atoms with E-state index in [2.05, 4.69) is 5.32 Å². The van der Waals surface area contributed by atoms with Gasteiger partial charge >= 0.3 is 0 Å². The van der Waals surface area contributed by atoms with Crippen LogP contribution in [0.3, 0.4) is 0 Å². The lowest BCUT2D eigenvalue weighted by Gasteiger charge is -2.30. The SMILES string of the molecule is Cc1ccc([C@H]2NCCC[C@H]2N)cc1F. The Kier molecular flexibility index (Phi) is 3.03. The van der Waals surface area contributed by atoms with Gasteiger partial charge in [-0.3, -0.25) is 0 Å². The number of hydrogen-bond donors (Lipinski definition) is 2. The highest BCUT2D eigenvalue weighted by Gasteiger charge is 2.23. The fourth-order valence-electron chi connectivity index (χ4n) is 2.08. The monoisotopic (exact) mass is 208 g/mol. The summed E-state index contributed by atoms with van der Waals surface area (Å²) >= 11 is 0. The first-order chi connectivity index (χ1) is 7.18. The number of nitrogens with one attached hydrogen (secondary N) is 1. The highest BCUT2D eigenvalue weighted by molar-refractivity contribution is 5.27. The maximum absolute atomic E-state index is 13.4. The second-order valence-electron chi connectivity index (χ2n) is 4.25. The standard InChI is InChI=1S/C12H17FN2/c1-8-4-5-9(7-10(8)13)12-11(14)3-2-6-15-12/h4-5,7,11-12,15H,2-3,6,14H2,1H3/t11-,12-/m1/s1. The zero-order valence-corrected chi connectivity index (χ0v) is 8.96. The number of piperidine rings is 1. The second kappa shape index (κ2) is 4.29. The van der Waals surface area contributed by atoms with E-state index in [9.17, 15) is 4.39 Å². The maximum atomic E-state index is 13.4. The molecule has 0 spiro atoms. The van der Waals surface area contributed by atoms with Gasteiger partial charge in [0.05, 0.1) is 0 Å². The molecule has 0 unspecified atom stereocenters. The van der Waals surface area contributed by atoms with Gasteiger partial charge in [0.1, 0.15) is 5.82 Å². The lowest BCUT2D eigenvalue weighted by atomic mass is 9.92. The van der Waals surface area contributed by atoms with Gasteiger partial charge in [-0.25, -0.2) is 4.39 Å². The molecule has 0 aliphatic carbocycles. The van der Waals surface area contributed by atoms with Crippen molar-refractivity contribution in [2.75, 3.05) is 6.54 Å². The number of benzene rings is 1. The van der Waals surface area contributed by atoms with Crippen molar-refractivity contribution in [2.24, 2.45) is 5.73 Å². The highest BCUT2D eigenvalue weighted by atomic mass is 19.1. The molecule has 1 fully saturated rings. The summed E-state index contributed by atoms with van der Waals surface area (Å²) in [5, 5.41) is 3.34. The summed E-state index contributed by atoms with van der Waals surface area (Å²) in [7, 11) is 0. The molecule has 0 aromatic heterocycles. The average molecular weight is 208 g/mol. The van der Waals surface area contributed by atoms with Gasteiger partial charge < -0.3 is 11.1 Å². The van der Waals surface area contributed by atoms with Crippen LogP contribution in [-0.2, 0) is 0 Å². The highest BCUT2D eigenvalue weighted by Crippen LogP contribution is 2.23. The second-order valence-corrected chi connectivity index (χ2v) is 4.25. The van der Waals surface area contributed by atoms with Crippen LogP contribution in [0.5, 0.6) is 0 Å². The largest absolute Gasteiger partial charge is 0.326 e. The quantitative estimate of drug-likeness (QED) is 0.739. The Labute approximate surface area is 89.7 Å². The molecule has 82 valence electrons. The Balaban J connectivity index is 2.24. The molecule has 1 heterocycles. The normalized spacial score (nSPS) is 26.6. The molecule has 0 bridgehead atoms. The molecule has 3 heteroatoms. The average Bonchev–Trinajstić information content (AvgIpc) is 2.23. The van der Waals surface area contributed by atoms with E-state index < -0.39 is 0 Å². The van der Waals surface area contributed by atoms with Gasteiger partial charge in [-0.15, -0.1) is 0 Å². The number of halogens is 1. The predicted octanol–water partition coefficient (Wildman–Crippen LogP) is 1.89. The van der Waals surface area contributed by atoms with Crippen molar-refractivity contribution in [2.45, 2.75) is 31.8 Å². The van der Waals surface area contributed by atoms with Gasteiger partial charge in [-0.05, 0) is 43.5 Å². The van der Waals surface area contributed by atoms with E-state index in [0.717, 1.165) is 24.9 Å². The van der Waals surface area contributed by atoms with Gasteiger partial charge in [0.25, 0.3) is 0 Å². The predicted molar refractivity (Wildman–Crippen MR) is 59.1 cm³/mol. The molecule has 1 aromatic rings. The molecular formula is C12H17FN2. The van der Waals surface area contributed by atoms with Gasteiger partial charge in [0, 0.05) is 12.1 Å². The molecule has 2 atom stereocenters. The summed E-state index contributed by atoms with van der Waals surface area (Å²) in [5.74, 6) is -0.146. The first-order valence-electron chi connectivity index (χ1n) is 5.43. The van der Waals surface area contributed by atoms with Crippen molar-refractivity contribution in [1.29, 1.82) is 0 Å². The fraction of sp³-hybridized carbons (Fsp3) is 0.500. The number of rotatable bonds is 1. The Bertz CT molecular complexity index is 351. The van der Waals surface area contributed by atoms with Crippen molar-refractivity contribution >= 4 is 0 Å². The zero-order chi connectivity index (χ0) is 10.8. The van der Waals surface area contributed by atoms with Crippen LogP contribution in [0.2, 0.25) is 0 Å². The number of hydrogen-bond acceptors (Lipinski definition) is 2. The summed E-state index contributed by atoms with van der Waals surface area (Å²) in [6, 6.07) is 5.57. The third kappa shape index (κ3) is 2.19. The summed E-state index contributed by atoms with van der Waals surface area (Å²) in [6.45, 7) is 2.74. The Morgan fingerprint density at radius 1 is 1.47 bits per heavy atom. The third-order valence-electron chi connectivity index (χ3n) is 3.06. The van der Waals surface area contributed by atoms with Crippen molar-refractivity contribution < 1.29 is 4.39 Å². The lowest BCUT2D eigenvalue weighted by Crippen LogP contribution is -2.42. The summed E-state index contributed by atoms with van der Waals surface area (Å²) < 4.78 is 13.4. The molecule has 0 radical (unpaired) electrons. The maximum Gasteiger partial charge on any atom is 0.126 e. The van der Waals surface area contributed by atoms with Crippen LogP contribution >= 0.6 is 0 Å². The van der Waals surface area contributed by atoms with E-state index in [1.807, 2.05) is 12.1 Å². The summed E-state index contributed by atoms with van der Waals surface area (Å²) in [5.41, 5.74) is 7.66. The molecular weight excluding hydrogens is 191 g/mol. The van der Waals surface area contributed by atoms with E-state index in [-0.39, 0.29) is 17.9 Å². The molecule has 1 aliphatic rings. The van der Waals surface area contributed by atoms with Gasteiger partial charge in [0.15, 0.2) is 0 Å². The van der Waals surface area contributed by atoms with E-state index >= 15 is 0 Å². The van der Waals surface area contributed by atoms with Crippen LogP contribution in [0.1, 0.15) is 30.0 Å². The number of aryl methyl sites for hydroxylation is 1.